The molecule has 0 bridgehead atoms. The van der Waals surface area contributed by atoms with Gasteiger partial charge in [0, 0.05) is 24.7 Å². The highest BCUT2D eigenvalue weighted by Gasteiger charge is 2.16. The molecule has 2 nitrogen and oxygen atoms in total. The van der Waals surface area contributed by atoms with E-state index in [1.165, 1.54) is 0 Å². The molecule has 0 aliphatic carbocycles. The minimum atomic E-state index is 0.0433. The van der Waals surface area contributed by atoms with Crippen LogP contribution in [0.2, 0.25) is 0 Å². The van der Waals surface area contributed by atoms with Crippen LogP contribution in [0.25, 0.3) is 0 Å². The van der Waals surface area contributed by atoms with Gasteiger partial charge in [0.15, 0.2) is 0 Å². The molecule has 17 heavy (non-hydrogen) atoms. The van der Waals surface area contributed by atoms with Crippen LogP contribution < -0.4 is 0 Å². The van der Waals surface area contributed by atoms with Crippen molar-refractivity contribution in [2.24, 2.45) is 17.8 Å². The monoisotopic (exact) mass is 240 g/mol. The lowest BCUT2D eigenvalue weighted by Gasteiger charge is -2.12. The Bertz CT molecular complexity index is 243. The normalized spacial score (nSPS) is 14.7. The summed E-state index contributed by atoms with van der Waals surface area (Å²) in [5.41, 5.74) is 0. The van der Waals surface area contributed by atoms with Crippen LogP contribution >= 0.6 is 0 Å². The zero-order valence-electron chi connectivity index (χ0n) is 12.1. The molecule has 100 valence electrons. The number of Topliss-reactive ketones (excluding diaryl/α,β-unsaturated/α-hetero) is 2. The standard InChI is InChI=1S/C15H28O2/c1-6-12(4)7-9-15(17)13(5)8-10-14(16)11(2)3/h11-13H,6-10H2,1-5H3. The molecule has 2 unspecified atom stereocenters. The van der Waals surface area contributed by atoms with Gasteiger partial charge in [-0.15, -0.1) is 0 Å². The Morgan fingerprint density at radius 1 is 0.882 bits per heavy atom. The lowest BCUT2D eigenvalue weighted by atomic mass is 9.91. The molecule has 0 saturated carbocycles. The molecule has 0 spiro atoms. The Morgan fingerprint density at radius 2 is 1.41 bits per heavy atom. The van der Waals surface area contributed by atoms with Gasteiger partial charge in [-0.1, -0.05) is 41.0 Å². The summed E-state index contributed by atoms with van der Waals surface area (Å²) in [5.74, 6) is 1.36. The summed E-state index contributed by atoms with van der Waals surface area (Å²) >= 11 is 0. The SMILES string of the molecule is CCC(C)CCC(=O)C(C)CCC(=O)C(C)C. The molecule has 2 heteroatoms. The van der Waals surface area contributed by atoms with Crippen molar-refractivity contribution in [2.45, 2.75) is 66.7 Å². The highest BCUT2D eigenvalue weighted by Crippen LogP contribution is 2.16. The molecule has 0 radical (unpaired) electrons. The molecule has 2 atom stereocenters. The molecular weight excluding hydrogens is 212 g/mol. The van der Waals surface area contributed by atoms with Gasteiger partial charge in [0.1, 0.15) is 11.6 Å². The Labute approximate surface area is 106 Å². The first-order valence-electron chi connectivity index (χ1n) is 6.93. The van der Waals surface area contributed by atoms with Crippen molar-refractivity contribution in [1.82, 2.24) is 0 Å². The molecule has 0 aromatic carbocycles. The van der Waals surface area contributed by atoms with Gasteiger partial charge in [-0.25, -0.2) is 0 Å². The van der Waals surface area contributed by atoms with Crippen LogP contribution in [0.3, 0.4) is 0 Å². The predicted octanol–water partition coefficient (Wildman–Crippen LogP) is 4.02. The van der Waals surface area contributed by atoms with Crippen LogP contribution in [0, 0.1) is 17.8 Å². The lowest BCUT2D eigenvalue weighted by molar-refractivity contribution is -0.124. The smallest absolute Gasteiger partial charge is 0.135 e. The second-order valence-electron chi connectivity index (χ2n) is 5.58. The Hall–Kier alpha value is -0.660. The van der Waals surface area contributed by atoms with Crippen molar-refractivity contribution < 1.29 is 9.59 Å². The average Bonchev–Trinajstić information content (AvgIpc) is 2.31. The van der Waals surface area contributed by atoms with E-state index in [-0.39, 0.29) is 17.6 Å². The van der Waals surface area contributed by atoms with E-state index < -0.39 is 0 Å². The third-order valence-corrected chi connectivity index (χ3v) is 3.60. The Morgan fingerprint density at radius 3 is 1.88 bits per heavy atom. The van der Waals surface area contributed by atoms with Crippen molar-refractivity contribution in [3.05, 3.63) is 0 Å². The molecule has 0 rings (SSSR count). The third-order valence-electron chi connectivity index (χ3n) is 3.60. The number of hydrogen-bond acceptors (Lipinski definition) is 2. The van der Waals surface area contributed by atoms with Crippen molar-refractivity contribution in [3.8, 4) is 0 Å². The van der Waals surface area contributed by atoms with Gasteiger partial charge >= 0.3 is 0 Å². The van der Waals surface area contributed by atoms with Crippen molar-refractivity contribution >= 4 is 11.6 Å². The highest BCUT2D eigenvalue weighted by molar-refractivity contribution is 5.83. The molecule has 0 saturated heterocycles. The Balaban J connectivity index is 3.86. The van der Waals surface area contributed by atoms with E-state index in [1.807, 2.05) is 20.8 Å². The topological polar surface area (TPSA) is 34.1 Å². The number of carbonyl (C=O) groups is 2. The molecule has 0 heterocycles. The molecule has 0 N–H and O–H groups in total. The van der Waals surface area contributed by atoms with Gasteiger partial charge in [-0.05, 0) is 18.8 Å². The van der Waals surface area contributed by atoms with Gasteiger partial charge in [-0.3, -0.25) is 9.59 Å². The van der Waals surface area contributed by atoms with Crippen molar-refractivity contribution in [1.29, 1.82) is 0 Å². The van der Waals surface area contributed by atoms with Crippen LogP contribution in [0.5, 0.6) is 0 Å². The fourth-order valence-electron chi connectivity index (χ4n) is 1.65. The fourth-order valence-corrected chi connectivity index (χ4v) is 1.65. The zero-order chi connectivity index (χ0) is 13.4. The van der Waals surface area contributed by atoms with E-state index in [2.05, 4.69) is 13.8 Å². The second kappa shape index (κ2) is 8.43. The summed E-state index contributed by atoms with van der Waals surface area (Å²) in [7, 11) is 0. The van der Waals surface area contributed by atoms with Crippen molar-refractivity contribution in [3.63, 3.8) is 0 Å². The lowest BCUT2D eigenvalue weighted by Crippen LogP contribution is -2.15. The first-order valence-corrected chi connectivity index (χ1v) is 6.93. The van der Waals surface area contributed by atoms with E-state index in [0.717, 1.165) is 19.3 Å². The first kappa shape index (κ1) is 16.3. The number of carbonyl (C=O) groups excluding carboxylic acids is 2. The molecule has 0 amide bonds. The molecule has 0 aliphatic rings. The highest BCUT2D eigenvalue weighted by atomic mass is 16.1. The first-order chi connectivity index (χ1) is 7.88. The summed E-state index contributed by atoms with van der Waals surface area (Å²) in [5, 5.41) is 0. The largest absolute Gasteiger partial charge is 0.299 e. The summed E-state index contributed by atoms with van der Waals surface area (Å²) in [4.78, 5) is 23.3. The molecular formula is C15H28O2. The summed E-state index contributed by atoms with van der Waals surface area (Å²) in [6, 6.07) is 0. The zero-order valence-corrected chi connectivity index (χ0v) is 12.1. The maximum Gasteiger partial charge on any atom is 0.135 e. The van der Waals surface area contributed by atoms with Crippen molar-refractivity contribution in [2.75, 3.05) is 0 Å². The van der Waals surface area contributed by atoms with Crippen LogP contribution in [0.1, 0.15) is 66.7 Å². The number of ketones is 2. The summed E-state index contributed by atoms with van der Waals surface area (Å²) in [6.45, 7) is 10.1. The predicted molar refractivity (Wildman–Crippen MR) is 71.9 cm³/mol. The van der Waals surface area contributed by atoms with Crippen LogP contribution in [0.4, 0.5) is 0 Å². The average molecular weight is 240 g/mol. The maximum absolute atomic E-state index is 11.8. The number of hydrogen-bond donors (Lipinski definition) is 0. The van der Waals surface area contributed by atoms with E-state index in [1.54, 1.807) is 0 Å². The van der Waals surface area contributed by atoms with E-state index >= 15 is 0 Å². The van der Waals surface area contributed by atoms with Gasteiger partial charge in [-0.2, -0.15) is 0 Å². The van der Waals surface area contributed by atoms with Gasteiger partial charge in [0.25, 0.3) is 0 Å². The van der Waals surface area contributed by atoms with Crippen LogP contribution in [0.15, 0.2) is 0 Å². The minimum Gasteiger partial charge on any atom is -0.299 e. The number of rotatable bonds is 9. The molecule has 0 aliphatic heterocycles. The van der Waals surface area contributed by atoms with E-state index in [9.17, 15) is 9.59 Å². The quantitative estimate of drug-likeness (QED) is 0.610. The van der Waals surface area contributed by atoms with Crippen LogP contribution in [-0.4, -0.2) is 11.6 Å². The van der Waals surface area contributed by atoms with Gasteiger partial charge in [0.2, 0.25) is 0 Å². The fraction of sp³-hybridized carbons (Fsp3) is 0.867. The molecule has 0 aromatic rings. The summed E-state index contributed by atoms with van der Waals surface area (Å²) in [6.07, 6.45) is 4.06. The van der Waals surface area contributed by atoms with Gasteiger partial charge in [0.05, 0.1) is 0 Å². The Kier molecular flexibility index (Phi) is 8.11. The molecule has 0 aromatic heterocycles. The maximum atomic E-state index is 11.8. The van der Waals surface area contributed by atoms with Gasteiger partial charge < -0.3 is 0 Å². The summed E-state index contributed by atoms with van der Waals surface area (Å²) < 4.78 is 0. The third kappa shape index (κ3) is 7.30. The molecule has 0 fully saturated rings. The van der Waals surface area contributed by atoms with E-state index in [0.29, 0.717) is 24.5 Å². The second-order valence-corrected chi connectivity index (χ2v) is 5.58. The minimum absolute atomic E-state index is 0.0433. The van der Waals surface area contributed by atoms with Crippen LogP contribution in [-0.2, 0) is 9.59 Å². The van der Waals surface area contributed by atoms with E-state index in [4.69, 9.17) is 0 Å².